The lowest BCUT2D eigenvalue weighted by Crippen LogP contribution is -2.43. The summed E-state index contributed by atoms with van der Waals surface area (Å²) in [6.45, 7) is 1.92. The van der Waals surface area contributed by atoms with Crippen LogP contribution in [0.2, 0.25) is 0 Å². The van der Waals surface area contributed by atoms with Gasteiger partial charge in [-0.05, 0) is 55.3 Å². The minimum atomic E-state index is -0.530. The number of aliphatic imine (C=N–C) groups is 2. The van der Waals surface area contributed by atoms with Crippen LogP contribution in [-0.2, 0) is 11.2 Å². The van der Waals surface area contributed by atoms with Crippen molar-refractivity contribution >= 4 is 40.4 Å². The molecule has 4 rings (SSSR count). The van der Waals surface area contributed by atoms with E-state index in [0.29, 0.717) is 23.4 Å². The summed E-state index contributed by atoms with van der Waals surface area (Å²) < 4.78 is 0. The van der Waals surface area contributed by atoms with Gasteiger partial charge >= 0.3 is 6.03 Å². The predicted molar refractivity (Wildman–Crippen MR) is 109 cm³/mol. The van der Waals surface area contributed by atoms with Crippen LogP contribution in [0.1, 0.15) is 29.7 Å². The smallest absolute Gasteiger partial charge is 0.268 e. The number of imide groups is 1. The van der Waals surface area contributed by atoms with Crippen LogP contribution < -0.4 is 4.90 Å². The molecule has 5 nitrogen and oxygen atoms in total. The molecule has 0 N–H and O–H groups in total. The molecule has 0 spiro atoms. The van der Waals surface area contributed by atoms with E-state index in [4.69, 9.17) is 0 Å². The Morgan fingerprint density at radius 3 is 2.81 bits per heavy atom. The van der Waals surface area contributed by atoms with Crippen LogP contribution in [0.15, 0.2) is 63.5 Å². The molecule has 0 fully saturated rings. The standard InChI is InChI=1S/C21H19N3O2S/c1-14-5-2-7-16(11-14)24-20(25)18-13-22-15(12-19(18)23-21(24)26)6-3-8-17-9-4-10-27-17/h2,4-5,7,9-11,13H,3,6,8,12H2,1H3. The van der Waals surface area contributed by atoms with Crippen LogP contribution in [0.5, 0.6) is 0 Å². The number of thiophene rings is 1. The predicted octanol–water partition coefficient (Wildman–Crippen LogP) is 4.72. The topological polar surface area (TPSA) is 62.1 Å². The van der Waals surface area contributed by atoms with Gasteiger partial charge in [-0.25, -0.2) is 9.69 Å². The summed E-state index contributed by atoms with van der Waals surface area (Å²) >= 11 is 1.76. The highest BCUT2D eigenvalue weighted by Crippen LogP contribution is 2.26. The van der Waals surface area contributed by atoms with E-state index in [0.717, 1.165) is 35.4 Å². The van der Waals surface area contributed by atoms with E-state index in [2.05, 4.69) is 27.5 Å². The van der Waals surface area contributed by atoms with Gasteiger partial charge in [-0.15, -0.1) is 11.3 Å². The number of amides is 3. The Labute approximate surface area is 161 Å². The summed E-state index contributed by atoms with van der Waals surface area (Å²) in [4.78, 5) is 36.5. The number of nitrogens with zero attached hydrogens (tertiary/aromatic N) is 3. The minimum absolute atomic E-state index is 0.350. The second kappa shape index (κ2) is 7.40. The highest BCUT2D eigenvalue weighted by Gasteiger charge is 2.35. The maximum atomic E-state index is 12.8. The summed E-state index contributed by atoms with van der Waals surface area (Å²) in [6, 6.07) is 10.9. The first-order valence-corrected chi connectivity index (χ1v) is 9.81. The van der Waals surface area contributed by atoms with Crippen LogP contribution in [-0.4, -0.2) is 23.4 Å². The molecule has 2 aliphatic heterocycles. The van der Waals surface area contributed by atoms with E-state index in [1.165, 1.54) is 4.88 Å². The van der Waals surface area contributed by atoms with Crippen molar-refractivity contribution in [3.63, 3.8) is 0 Å². The number of carbonyl (C=O) groups is 2. The van der Waals surface area contributed by atoms with Crippen LogP contribution in [0.25, 0.3) is 0 Å². The number of rotatable bonds is 5. The van der Waals surface area contributed by atoms with Crippen molar-refractivity contribution in [1.82, 2.24) is 0 Å². The Hall–Kier alpha value is -2.86. The van der Waals surface area contributed by atoms with Gasteiger partial charge in [0.2, 0.25) is 0 Å². The summed E-state index contributed by atoms with van der Waals surface area (Å²) in [5.74, 6) is -0.350. The summed E-state index contributed by atoms with van der Waals surface area (Å²) in [7, 11) is 0. The van der Waals surface area contributed by atoms with Crippen LogP contribution >= 0.6 is 11.3 Å². The van der Waals surface area contributed by atoms with Crippen LogP contribution in [0.3, 0.4) is 0 Å². The third kappa shape index (κ3) is 3.66. The van der Waals surface area contributed by atoms with E-state index >= 15 is 0 Å². The highest BCUT2D eigenvalue weighted by molar-refractivity contribution is 7.09. The Morgan fingerprint density at radius 1 is 1.15 bits per heavy atom. The number of hydrogen-bond donors (Lipinski definition) is 0. The zero-order chi connectivity index (χ0) is 18.8. The molecule has 3 heterocycles. The van der Waals surface area contributed by atoms with Gasteiger partial charge in [0.15, 0.2) is 0 Å². The van der Waals surface area contributed by atoms with Crippen molar-refractivity contribution in [2.24, 2.45) is 9.98 Å². The van der Waals surface area contributed by atoms with Gasteiger partial charge in [0.05, 0.1) is 17.0 Å². The summed E-state index contributed by atoms with van der Waals surface area (Å²) in [6.07, 6.45) is 4.88. The minimum Gasteiger partial charge on any atom is -0.268 e. The zero-order valence-corrected chi connectivity index (χ0v) is 15.8. The molecule has 1 aromatic carbocycles. The quantitative estimate of drug-likeness (QED) is 0.757. The van der Waals surface area contributed by atoms with Crippen molar-refractivity contribution in [2.45, 2.75) is 32.6 Å². The maximum Gasteiger partial charge on any atom is 0.355 e. The number of hydrogen-bond acceptors (Lipinski definition) is 4. The van der Waals surface area contributed by atoms with Gasteiger partial charge in [0.1, 0.15) is 0 Å². The van der Waals surface area contributed by atoms with Crippen molar-refractivity contribution in [3.05, 3.63) is 64.0 Å². The van der Waals surface area contributed by atoms with E-state index in [1.807, 2.05) is 19.1 Å². The molecule has 27 heavy (non-hydrogen) atoms. The third-order valence-corrected chi connectivity index (χ3v) is 5.58. The number of urea groups is 1. The molecule has 0 atom stereocenters. The fraction of sp³-hybridized carbons (Fsp3) is 0.238. The lowest BCUT2D eigenvalue weighted by Gasteiger charge is -2.27. The van der Waals surface area contributed by atoms with Crippen molar-refractivity contribution < 1.29 is 9.59 Å². The molecule has 0 aliphatic carbocycles. The first-order valence-electron chi connectivity index (χ1n) is 8.93. The zero-order valence-electron chi connectivity index (χ0n) is 15.0. The second-order valence-corrected chi connectivity index (χ2v) is 7.70. The molecule has 0 radical (unpaired) electrons. The number of carbonyl (C=O) groups excluding carboxylic acids is 2. The molecule has 2 aromatic rings. The average molecular weight is 377 g/mol. The van der Waals surface area contributed by atoms with Crippen LogP contribution in [0.4, 0.5) is 10.5 Å². The molecule has 0 saturated heterocycles. The van der Waals surface area contributed by atoms with Gasteiger partial charge in [-0.3, -0.25) is 9.79 Å². The van der Waals surface area contributed by atoms with Crippen molar-refractivity contribution in [2.75, 3.05) is 4.90 Å². The fourth-order valence-electron chi connectivity index (χ4n) is 3.28. The third-order valence-electron chi connectivity index (χ3n) is 4.64. The highest BCUT2D eigenvalue weighted by atomic mass is 32.1. The maximum absolute atomic E-state index is 12.8. The molecule has 1 aromatic heterocycles. The number of benzene rings is 1. The first kappa shape index (κ1) is 17.5. The van der Waals surface area contributed by atoms with Crippen molar-refractivity contribution in [1.29, 1.82) is 0 Å². The molecule has 3 amide bonds. The average Bonchev–Trinajstić information content (AvgIpc) is 3.15. The summed E-state index contributed by atoms with van der Waals surface area (Å²) in [5, 5.41) is 2.08. The van der Waals surface area contributed by atoms with Gasteiger partial charge in [-0.2, -0.15) is 4.99 Å². The number of aryl methyl sites for hydroxylation is 2. The molecule has 6 heteroatoms. The molecule has 0 unspecified atom stereocenters. The van der Waals surface area contributed by atoms with E-state index < -0.39 is 6.03 Å². The Kier molecular flexibility index (Phi) is 4.81. The number of fused-ring (bicyclic) bond motifs is 1. The fourth-order valence-corrected chi connectivity index (χ4v) is 4.04. The molecule has 0 bridgehead atoms. The normalized spacial score (nSPS) is 16.6. The largest absolute Gasteiger partial charge is 0.355 e. The van der Waals surface area contributed by atoms with Gasteiger partial charge in [0.25, 0.3) is 5.91 Å². The lowest BCUT2D eigenvalue weighted by molar-refractivity contribution is -0.114. The van der Waals surface area contributed by atoms with E-state index in [1.54, 1.807) is 29.7 Å². The summed E-state index contributed by atoms with van der Waals surface area (Å²) in [5.41, 5.74) is 3.44. The molecule has 136 valence electrons. The first-order chi connectivity index (χ1) is 13.1. The molecule has 0 saturated carbocycles. The Bertz CT molecular complexity index is 987. The lowest BCUT2D eigenvalue weighted by atomic mass is 9.97. The van der Waals surface area contributed by atoms with Gasteiger partial charge < -0.3 is 0 Å². The molecule has 2 aliphatic rings. The van der Waals surface area contributed by atoms with E-state index in [-0.39, 0.29) is 5.91 Å². The molecular weight excluding hydrogens is 358 g/mol. The van der Waals surface area contributed by atoms with E-state index in [9.17, 15) is 9.59 Å². The monoisotopic (exact) mass is 377 g/mol. The number of anilines is 1. The molecular formula is C21H19N3O2S. The second-order valence-electron chi connectivity index (χ2n) is 6.67. The van der Waals surface area contributed by atoms with Gasteiger partial charge in [0, 0.05) is 23.2 Å². The van der Waals surface area contributed by atoms with Crippen molar-refractivity contribution in [3.8, 4) is 0 Å². The Balaban J connectivity index is 1.51. The SMILES string of the molecule is Cc1cccc(N2C(=O)N=C3CC(CCCc4cccs4)=NC=C3C2=O)c1. The Morgan fingerprint density at radius 2 is 2.04 bits per heavy atom. The van der Waals surface area contributed by atoms with Crippen LogP contribution in [0, 0.1) is 6.92 Å². The van der Waals surface area contributed by atoms with Gasteiger partial charge in [-0.1, -0.05) is 18.2 Å².